The molecule has 1 aromatic rings. The summed E-state index contributed by atoms with van der Waals surface area (Å²) in [4.78, 5) is 0.302. The molecule has 1 unspecified atom stereocenters. The summed E-state index contributed by atoms with van der Waals surface area (Å²) < 4.78 is 46.5. The SMILES string of the molecule is O=S1(=O)CCC(NCCS(=O)(=O)c2ccccc2)C1. The highest BCUT2D eigenvalue weighted by atomic mass is 32.2. The highest BCUT2D eigenvalue weighted by molar-refractivity contribution is 7.91. The molecule has 1 N–H and O–H groups in total. The molecule has 0 aliphatic carbocycles. The molecule has 106 valence electrons. The van der Waals surface area contributed by atoms with E-state index in [0.29, 0.717) is 11.3 Å². The Balaban J connectivity index is 1.86. The van der Waals surface area contributed by atoms with Gasteiger partial charge in [-0.05, 0) is 18.6 Å². The summed E-state index contributed by atoms with van der Waals surface area (Å²) >= 11 is 0. The Bertz CT molecular complexity index is 623. The topological polar surface area (TPSA) is 80.3 Å². The zero-order valence-electron chi connectivity index (χ0n) is 10.4. The number of nitrogens with one attached hydrogen (secondary N) is 1. The molecule has 0 amide bonds. The second-order valence-corrected chi connectivity index (χ2v) is 9.02. The van der Waals surface area contributed by atoms with Gasteiger partial charge in [-0.1, -0.05) is 18.2 Å². The lowest BCUT2D eigenvalue weighted by molar-refractivity contribution is 0.560. The monoisotopic (exact) mass is 303 g/mol. The van der Waals surface area contributed by atoms with Crippen molar-refractivity contribution in [2.75, 3.05) is 23.8 Å². The minimum atomic E-state index is -3.29. The molecule has 7 heteroatoms. The minimum absolute atomic E-state index is 0.0203. The number of rotatable bonds is 5. The lowest BCUT2D eigenvalue weighted by Crippen LogP contribution is -2.34. The molecule has 1 fully saturated rings. The molecule has 1 aromatic carbocycles. The summed E-state index contributed by atoms with van der Waals surface area (Å²) in [6.45, 7) is 0.275. The van der Waals surface area contributed by atoms with Crippen molar-refractivity contribution in [2.45, 2.75) is 17.4 Å². The molecule has 1 saturated heterocycles. The number of sulfone groups is 2. The normalized spacial score (nSPS) is 22.4. The van der Waals surface area contributed by atoms with Gasteiger partial charge >= 0.3 is 0 Å². The summed E-state index contributed by atoms with van der Waals surface area (Å²) in [6, 6.07) is 8.15. The van der Waals surface area contributed by atoms with Crippen LogP contribution in [0.3, 0.4) is 0 Å². The van der Waals surface area contributed by atoms with Crippen molar-refractivity contribution >= 4 is 19.7 Å². The molecule has 1 atom stereocenters. The Labute approximate surface area is 113 Å². The molecule has 0 bridgehead atoms. The van der Waals surface area contributed by atoms with E-state index in [1.165, 1.54) is 0 Å². The Morgan fingerprint density at radius 1 is 1.21 bits per heavy atom. The third-order valence-electron chi connectivity index (χ3n) is 3.14. The van der Waals surface area contributed by atoms with Crippen molar-refractivity contribution in [1.29, 1.82) is 0 Å². The number of hydrogen-bond acceptors (Lipinski definition) is 5. The first-order valence-electron chi connectivity index (χ1n) is 6.11. The second-order valence-electron chi connectivity index (χ2n) is 4.69. The lowest BCUT2D eigenvalue weighted by Gasteiger charge is -2.10. The van der Waals surface area contributed by atoms with E-state index in [2.05, 4.69) is 5.32 Å². The van der Waals surface area contributed by atoms with E-state index in [-0.39, 0.29) is 29.8 Å². The van der Waals surface area contributed by atoms with Crippen molar-refractivity contribution in [3.63, 3.8) is 0 Å². The van der Waals surface area contributed by atoms with E-state index in [9.17, 15) is 16.8 Å². The first-order valence-corrected chi connectivity index (χ1v) is 9.58. The fraction of sp³-hybridized carbons (Fsp3) is 0.500. The van der Waals surface area contributed by atoms with Crippen LogP contribution in [-0.4, -0.2) is 46.7 Å². The molecule has 1 aliphatic rings. The predicted molar refractivity (Wildman–Crippen MR) is 73.6 cm³/mol. The number of hydrogen-bond donors (Lipinski definition) is 1. The molecule has 5 nitrogen and oxygen atoms in total. The van der Waals surface area contributed by atoms with Crippen LogP contribution in [0.1, 0.15) is 6.42 Å². The van der Waals surface area contributed by atoms with Crippen LogP contribution in [0.4, 0.5) is 0 Å². The van der Waals surface area contributed by atoms with Gasteiger partial charge in [0.1, 0.15) is 0 Å². The van der Waals surface area contributed by atoms with Gasteiger partial charge in [0, 0.05) is 12.6 Å². The summed E-state index contributed by atoms with van der Waals surface area (Å²) in [5, 5.41) is 3.00. The Morgan fingerprint density at radius 3 is 2.47 bits per heavy atom. The van der Waals surface area contributed by atoms with Crippen molar-refractivity contribution in [2.24, 2.45) is 0 Å². The molecule has 0 spiro atoms. The standard InChI is InChI=1S/C12H17NO4S2/c14-18(15)8-6-11(10-18)13-7-9-19(16,17)12-4-2-1-3-5-12/h1-5,11,13H,6-10H2. The Hall–Kier alpha value is -0.920. The fourth-order valence-corrected chi connectivity index (χ4v) is 5.00. The van der Waals surface area contributed by atoms with Gasteiger partial charge < -0.3 is 5.32 Å². The van der Waals surface area contributed by atoms with Crippen LogP contribution < -0.4 is 5.32 Å². The fourth-order valence-electron chi connectivity index (χ4n) is 2.10. The first kappa shape index (κ1) is 14.5. The van der Waals surface area contributed by atoms with Crippen LogP contribution in [0, 0.1) is 0 Å². The summed E-state index contributed by atoms with van der Waals surface area (Å²) in [7, 11) is -6.22. The van der Waals surface area contributed by atoms with Crippen LogP contribution in [0.15, 0.2) is 35.2 Å². The molecular formula is C12H17NO4S2. The zero-order chi connectivity index (χ0) is 13.9. The summed E-state index contributed by atoms with van der Waals surface area (Å²) in [5.41, 5.74) is 0. The third-order valence-corrected chi connectivity index (χ3v) is 6.64. The highest BCUT2D eigenvalue weighted by Crippen LogP contribution is 2.12. The van der Waals surface area contributed by atoms with Crippen molar-refractivity contribution in [1.82, 2.24) is 5.32 Å². The van der Waals surface area contributed by atoms with E-state index in [0.717, 1.165) is 0 Å². The van der Waals surface area contributed by atoms with E-state index >= 15 is 0 Å². The number of benzene rings is 1. The molecule has 19 heavy (non-hydrogen) atoms. The molecular weight excluding hydrogens is 286 g/mol. The third kappa shape index (κ3) is 4.02. The predicted octanol–water partition coefficient (Wildman–Crippen LogP) is 0.237. The van der Waals surface area contributed by atoms with E-state index in [4.69, 9.17) is 0 Å². The van der Waals surface area contributed by atoms with E-state index < -0.39 is 19.7 Å². The molecule has 1 heterocycles. The van der Waals surface area contributed by atoms with E-state index in [1.807, 2.05) is 0 Å². The van der Waals surface area contributed by atoms with Crippen molar-refractivity contribution in [3.05, 3.63) is 30.3 Å². The van der Waals surface area contributed by atoms with Gasteiger partial charge in [-0.15, -0.1) is 0 Å². The Kier molecular flexibility index (Phi) is 4.27. The minimum Gasteiger partial charge on any atom is -0.312 e. The van der Waals surface area contributed by atoms with Crippen molar-refractivity contribution < 1.29 is 16.8 Å². The average Bonchev–Trinajstić information content (AvgIpc) is 2.70. The maximum absolute atomic E-state index is 12.0. The van der Waals surface area contributed by atoms with Gasteiger partial charge in [0.25, 0.3) is 0 Å². The van der Waals surface area contributed by atoms with Gasteiger partial charge in [-0.2, -0.15) is 0 Å². The second kappa shape index (κ2) is 5.60. The van der Waals surface area contributed by atoms with Gasteiger partial charge in [0.15, 0.2) is 19.7 Å². The first-order chi connectivity index (χ1) is 8.89. The summed E-state index contributed by atoms with van der Waals surface area (Å²) in [6.07, 6.45) is 0.563. The maximum Gasteiger partial charge on any atom is 0.179 e. The quantitative estimate of drug-likeness (QED) is 0.842. The molecule has 0 aromatic heterocycles. The molecule has 2 rings (SSSR count). The van der Waals surface area contributed by atoms with Crippen LogP contribution in [0.25, 0.3) is 0 Å². The van der Waals surface area contributed by atoms with Crippen LogP contribution in [0.5, 0.6) is 0 Å². The maximum atomic E-state index is 12.0. The Morgan fingerprint density at radius 2 is 1.89 bits per heavy atom. The average molecular weight is 303 g/mol. The smallest absolute Gasteiger partial charge is 0.179 e. The highest BCUT2D eigenvalue weighted by Gasteiger charge is 2.27. The molecule has 0 saturated carbocycles. The largest absolute Gasteiger partial charge is 0.312 e. The molecule has 0 radical (unpaired) electrons. The van der Waals surface area contributed by atoms with Crippen LogP contribution >= 0.6 is 0 Å². The van der Waals surface area contributed by atoms with E-state index in [1.54, 1.807) is 30.3 Å². The van der Waals surface area contributed by atoms with Gasteiger partial charge in [0.2, 0.25) is 0 Å². The van der Waals surface area contributed by atoms with Gasteiger partial charge in [-0.3, -0.25) is 0 Å². The lowest BCUT2D eigenvalue weighted by atomic mass is 10.3. The molecule has 1 aliphatic heterocycles. The van der Waals surface area contributed by atoms with Gasteiger partial charge in [-0.25, -0.2) is 16.8 Å². The summed E-state index contributed by atoms with van der Waals surface area (Å²) in [5.74, 6) is 0.280. The van der Waals surface area contributed by atoms with Crippen LogP contribution in [0.2, 0.25) is 0 Å². The van der Waals surface area contributed by atoms with Crippen molar-refractivity contribution in [3.8, 4) is 0 Å². The van der Waals surface area contributed by atoms with Crippen LogP contribution in [-0.2, 0) is 19.7 Å². The zero-order valence-corrected chi connectivity index (χ0v) is 12.1. The van der Waals surface area contributed by atoms with Gasteiger partial charge in [0.05, 0.1) is 22.2 Å².